The Morgan fingerprint density at radius 2 is 2.09 bits per heavy atom. The molecular weight excluding hydrogens is 498 g/mol. The van der Waals surface area contributed by atoms with Crippen molar-refractivity contribution in [1.29, 1.82) is 0 Å². The minimum Gasteiger partial charge on any atom is -0.494 e. The fourth-order valence-corrected chi connectivity index (χ4v) is 4.72. The fraction of sp³-hybridized carbons (Fsp3) is 0.381. The molecule has 166 valence electrons. The molecule has 5 rings (SSSR count). The Balaban J connectivity index is 1.35. The number of carbonyl (C=O) groups excluding carboxylic acids is 1. The van der Waals surface area contributed by atoms with E-state index in [2.05, 4.69) is 41.4 Å². The first-order chi connectivity index (χ1) is 15.4. The van der Waals surface area contributed by atoms with Gasteiger partial charge in [-0.15, -0.1) is 5.10 Å². The third-order valence-corrected chi connectivity index (χ3v) is 6.67. The predicted octanol–water partition coefficient (Wildman–Crippen LogP) is 4.03. The second-order valence-corrected chi connectivity index (χ2v) is 9.60. The first-order valence-corrected chi connectivity index (χ1v) is 11.7. The Bertz CT molecular complexity index is 1180. The average Bonchev–Trinajstić information content (AvgIpc) is 3.20. The summed E-state index contributed by atoms with van der Waals surface area (Å²) < 4.78 is 17.8. The van der Waals surface area contributed by atoms with Crippen LogP contribution in [0.3, 0.4) is 0 Å². The third kappa shape index (κ3) is 4.32. The summed E-state index contributed by atoms with van der Waals surface area (Å²) in [6, 6.07) is 3.64. The molecule has 1 spiro atoms. The number of nitrogens with one attached hydrogen (secondary N) is 1. The van der Waals surface area contributed by atoms with Crippen LogP contribution in [0.15, 0.2) is 29.1 Å². The van der Waals surface area contributed by atoms with Gasteiger partial charge in [0.1, 0.15) is 16.5 Å². The number of aromatic nitrogens is 4. The van der Waals surface area contributed by atoms with Crippen molar-refractivity contribution >= 4 is 38.3 Å². The van der Waals surface area contributed by atoms with Gasteiger partial charge in [0.05, 0.1) is 31.1 Å². The first kappa shape index (κ1) is 21.2. The summed E-state index contributed by atoms with van der Waals surface area (Å²) >= 11 is 4.57. The van der Waals surface area contributed by atoms with E-state index in [0.717, 1.165) is 30.5 Å². The summed E-state index contributed by atoms with van der Waals surface area (Å²) in [6.45, 7) is 2.42. The van der Waals surface area contributed by atoms with E-state index in [-0.39, 0.29) is 17.6 Å². The summed E-state index contributed by atoms with van der Waals surface area (Å²) in [5.74, 6) is 0.193. The largest absolute Gasteiger partial charge is 0.494 e. The summed E-state index contributed by atoms with van der Waals surface area (Å²) in [5.41, 5.74) is 2.58. The molecule has 1 saturated heterocycles. The minimum absolute atomic E-state index is 0.0282. The van der Waals surface area contributed by atoms with Gasteiger partial charge in [-0.05, 0) is 59.2 Å². The maximum atomic E-state index is 13.1. The second-order valence-electron chi connectivity index (χ2n) is 7.84. The number of ether oxygens (including phenoxy) is 3. The average molecular weight is 518 g/mol. The SMILES string of the molecule is COc1cnc(Br)cc1-c1cc(C)ncc1C(=O)Nc1nnc(O[C@@H]2COC3(CC3)C2)s1. The molecule has 3 aromatic rings. The smallest absolute Gasteiger partial charge is 0.296 e. The first-order valence-electron chi connectivity index (χ1n) is 10.1. The van der Waals surface area contributed by atoms with Crippen LogP contribution in [0.4, 0.5) is 5.13 Å². The number of pyridine rings is 2. The molecule has 1 N–H and O–H groups in total. The van der Waals surface area contributed by atoms with Crippen LogP contribution in [-0.4, -0.2) is 51.5 Å². The van der Waals surface area contributed by atoms with Crippen LogP contribution in [0, 0.1) is 6.92 Å². The number of halogens is 1. The number of nitrogens with zero attached hydrogens (tertiary/aromatic N) is 4. The topological polar surface area (TPSA) is 108 Å². The van der Waals surface area contributed by atoms with Crippen LogP contribution in [0.25, 0.3) is 11.1 Å². The number of hydrogen-bond donors (Lipinski definition) is 1. The Kier molecular flexibility index (Phi) is 5.56. The summed E-state index contributed by atoms with van der Waals surface area (Å²) in [5, 5.41) is 11.7. The van der Waals surface area contributed by atoms with Crippen molar-refractivity contribution in [2.24, 2.45) is 0 Å². The number of amides is 1. The lowest BCUT2D eigenvalue weighted by Gasteiger charge is -2.13. The molecule has 11 heteroatoms. The zero-order valence-corrected chi connectivity index (χ0v) is 19.8. The van der Waals surface area contributed by atoms with Gasteiger partial charge in [0, 0.05) is 29.4 Å². The number of carbonyl (C=O) groups is 1. The molecule has 4 heterocycles. The number of hydrogen-bond acceptors (Lipinski definition) is 9. The number of rotatable bonds is 6. The molecule has 1 atom stereocenters. The lowest BCUT2D eigenvalue weighted by atomic mass is 10.0. The maximum absolute atomic E-state index is 13.1. The number of anilines is 1. The Hall–Kier alpha value is -2.63. The standard InChI is InChI=1S/C21H20BrN5O4S/c1-11-5-13(14-6-17(22)24-9-16(14)29-2)15(8-23-11)18(28)25-19-26-27-20(32-19)31-12-7-21(3-4-21)30-10-12/h5-6,8-9,12H,3-4,7,10H2,1-2H3,(H,25,26,28)/t12-/m0/s1. The van der Waals surface area contributed by atoms with E-state index in [1.807, 2.05) is 13.0 Å². The molecule has 1 aliphatic heterocycles. The molecule has 9 nitrogen and oxygen atoms in total. The van der Waals surface area contributed by atoms with Crippen LogP contribution in [0.5, 0.6) is 10.9 Å². The lowest BCUT2D eigenvalue weighted by Crippen LogP contribution is -2.16. The van der Waals surface area contributed by atoms with Gasteiger partial charge in [-0.2, -0.15) is 0 Å². The summed E-state index contributed by atoms with van der Waals surface area (Å²) in [4.78, 5) is 21.6. The van der Waals surface area contributed by atoms with Crippen molar-refractivity contribution in [2.45, 2.75) is 37.9 Å². The zero-order valence-electron chi connectivity index (χ0n) is 17.4. The van der Waals surface area contributed by atoms with Crippen molar-refractivity contribution in [3.8, 4) is 22.1 Å². The Morgan fingerprint density at radius 3 is 2.84 bits per heavy atom. The molecule has 1 amide bonds. The van der Waals surface area contributed by atoms with E-state index in [1.165, 1.54) is 17.5 Å². The van der Waals surface area contributed by atoms with E-state index >= 15 is 0 Å². The summed E-state index contributed by atoms with van der Waals surface area (Å²) in [6.07, 6.45) is 6.17. The molecule has 32 heavy (non-hydrogen) atoms. The maximum Gasteiger partial charge on any atom is 0.296 e. The Morgan fingerprint density at radius 1 is 1.25 bits per heavy atom. The van der Waals surface area contributed by atoms with Crippen LogP contribution in [0.2, 0.25) is 0 Å². The highest BCUT2D eigenvalue weighted by Gasteiger charge is 2.51. The van der Waals surface area contributed by atoms with Crippen molar-refractivity contribution in [1.82, 2.24) is 20.2 Å². The van der Waals surface area contributed by atoms with E-state index in [1.54, 1.807) is 19.4 Å². The summed E-state index contributed by atoms with van der Waals surface area (Å²) in [7, 11) is 1.56. The second kappa shape index (κ2) is 8.38. The predicted molar refractivity (Wildman–Crippen MR) is 121 cm³/mol. The van der Waals surface area contributed by atoms with Gasteiger partial charge in [-0.25, -0.2) is 4.98 Å². The molecule has 2 aliphatic rings. The molecular formula is C21H20BrN5O4S. The molecule has 1 saturated carbocycles. The number of aryl methyl sites for hydroxylation is 1. The van der Waals surface area contributed by atoms with Gasteiger partial charge >= 0.3 is 0 Å². The molecule has 1 aliphatic carbocycles. The van der Waals surface area contributed by atoms with Gasteiger partial charge in [0.2, 0.25) is 5.13 Å². The lowest BCUT2D eigenvalue weighted by molar-refractivity contribution is 0.0783. The molecule has 2 fully saturated rings. The third-order valence-electron chi connectivity index (χ3n) is 5.51. The minimum atomic E-state index is -0.355. The van der Waals surface area contributed by atoms with Crippen molar-refractivity contribution in [2.75, 3.05) is 19.0 Å². The van der Waals surface area contributed by atoms with E-state index < -0.39 is 0 Å². The van der Waals surface area contributed by atoms with Crippen molar-refractivity contribution < 1.29 is 19.0 Å². The van der Waals surface area contributed by atoms with Crippen molar-refractivity contribution in [3.63, 3.8) is 0 Å². The fourth-order valence-electron chi connectivity index (χ4n) is 3.74. The molecule has 0 aromatic carbocycles. The van der Waals surface area contributed by atoms with Crippen LogP contribution in [0.1, 0.15) is 35.3 Å². The van der Waals surface area contributed by atoms with Crippen LogP contribution >= 0.6 is 27.3 Å². The van der Waals surface area contributed by atoms with Crippen LogP contribution < -0.4 is 14.8 Å². The zero-order chi connectivity index (χ0) is 22.3. The van der Waals surface area contributed by atoms with E-state index in [0.29, 0.717) is 38.4 Å². The molecule has 0 radical (unpaired) electrons. The quantitative estimate of drug-likeness (QED) is 0.488. The highest BCUT2D eigenvalue weighted by atomic mass is 79.9. The van der Waals surface area contributed by atoms with Crippen LogP contribution in [-0.2, 0) is 4.74 Å². The van der Waals surface area contributed by atoms with E-state index in [9.17, 15) is 4.79 Å². The molecule has 3 aromatic heterocycles. The Labute approximate surface area is 196 Å². The van der Waals surface area contributed by atoms with Gasteiger partial charge < -0.3 is 14.2 Å². The monoisotopic (exact) mass is 517 g/mol. The van der Waals surface area contributed by atoms with Gasteiger partial charge in [-0.3, -0.25) is 15.1 Å². The van der Waals surface area contributed by atoms with Crippen molar-refractivity contribution in [3.05, 3.63) is 40.4 Å². The normalized spacial score (nSPS) is 18.5. The van der Waals surface area contributed by atoms with Gasteiger partial charge in [-0.1, -0.05) is 5.10 Å². The molecule has 0 unspecified atom stereocenters. The molecule has 0 bridgehead atoms. The van der Waals surface area contributed by atoms with E-state index in [4.69, 9.17) is 14.2 Å². The van der Waals surface area contributed by atoms with Gasteiger partial charge in [0.25, 0.3) is 11.1 Å². The highest BCUT2D eigenvalue weighted by Crippen LogP contribution is 2.48. The van der Waals surface area contributed by atoms with Gasteiger partial charge in [0.15, 0.2) is 0 Å². The highest BCUT2D eigenvalue weighted by molar-refractivity contribution is 9.10. The number of methoxy groups -OCH3 is 1.